The molecule has 19 heavy (non-hydrogen) atoms. The first kappa shape index (κ1) is 19.0. The molecule has 0 spiro atoms. The zero-order valence-corrected chi connectivity index (χ0v) is 15.3. The van der Waals surface area contributed by atoms with Gasteiger partial charge in [-0.05, 0) is 29.1 Å². The smallest absolute Gasteiger partial charge is 0.0149 e. The molecular formula is C18H39N. The van der Waals surface area contributed by atoms with Crippen LogP contribution in [0.1, 0.15) is 75.7 Å². The van der Waals surface area contributed by atoms with Crippen LogP contribution in [0.2, 0.25) is 0 Å². The molecule has 0 aromatic carbocycles. The van der Waals surface area contributed by atoms with Gasteiger partial charge in [0.15, 0.2) is 0 Å². The zero-order valence-electron chi connectivity index (χ0n) is 15.3. The van der Waals surface area contributed by atoms with Crippen molar-refractivity contribution in [2.24, 2.45) is 22.7 Å². The molecule has 1 atom stereocenters. The summed E-state index contributed by atoms with van der Waals surface area (Å²) in [6.45, 7) is 26.1. The molecule has 1 heteroatoms. The normalized spacial score (nSPS) is 15.6. The van der Waals surface area contributed by atoms with Crippen LogP contribution in [0.15, 0.2) is 0 Å². The molecule has 0 N–H and O–H groups in total. The van der Waals surface area contributed by atoms with Gasteiger partial charge < -0.3 is 0 Å². The van der Waals surface area contributed by atoms with Gasteiger partial charge in [-0.15, -0.1) is 0 Å². The van der Waals surface area contributed by atoms with Gasteiger partial charge in [0, 0.05) is 19.1 Å². The van der Waals surface area contributed by atoms with Gasteiger partial charge in [0.25, 0.3) is 0 Å². The summed E-state index contributed by atoms with van der Waals surface area (Å²) in [6.07, 6.45) is 1.27. The fourth-order valence-electron chi connectivity index (χ4n) is 2.83. The minimum atomic E-state index is 0.344. The molecule has 0 amide bonds. The SMILES string of the molecule is CC(C)CN(CC(C)C)[C@H](CC(C)(C)C)C(C)(C)C. The molecule has 0 aromatic rings. The Morgan fingerprint density at radius 1 is 0.737 bits per heavy atom. The van der Waals surface area contributed by atoms with Crippen molar-refractivity contribution >= 4 is 0 Å². The number of nitrogens with zero attached hydrogens (tertiary/aromatic N) is 1. The van der Waals surface area contributed by atoms with Gasteiger partial charge >= 0.3 is 0 Å². The van der Waals surface area contributed by atoms with Crippen molar-refractivity contribution in [2.45, 2.75) is 81.7 Å². The Morgan fingerprint density at radius 3 is 1.32 bits per heavy atom. The molecule has 0 aliphatic heterocycles. The van der Waals surface area contributed by atoms with Crippen LogP contribution in [-0.4, -0.2) is 24.0 Å². The lowest BCUT2D eigenvalue weighted by Crippen LogP contribution is -2.48. The first-order chi connectivity index (χ1) is 8.33. The Labute approximate surface area is 123 Å². The molecular weight excluding hydrogens is 230 g/mol. The molecule has 116 valence electrons. The average molecular weight is 270 g/mol. The molecule has 0 bridgehead atoms. The van der Waals surface area contributed by atoms with Gasteiger partial charge in [-0.2, -0.15) is 0 Å². The Balaban J connectivity index is 5.12. The first-order valence-electron chi connectivity index (χ1n) is 8.07. The minimum absolute atomic E-state index is 0.344. The maximum absolute atomic E-state index is 2.75. The highest BCUT2D eigenvalue weighted by atomic mass is 15.2. The van der Waals surface area contributed by atoms with E-state index in [4.69, 9.17) is 0 Å². The van der Waals surface area contributed by atoms with Gasteiger partial charge in [0.05, 0.1) is 0 Å². The second-order valence-corrected chi connectivity index (χ2v) is 9.39. The van der Waals surface area contributed by atoms with Crippen molar-refractivity contribution in [3.63, 3.8) is 0 Å². The predicted molar refractivity (Wildman–Crippen MR) is 88.6 cm³/mol. The van der Waals surface area contributed by atoms with Crippen LogP contribution < -0.4 is 0 Å². The molecule has 0 aliphatic carbocycles. The van der Waals surface area contributed by atoms with Crippen LogP contribution in [0.3, 0.4) is 0 Å². The number of hydrogen-bond acceptors (Lipinski definition) is 1. The van der Waals surface area contributed by atoms with Crippen molar-refractivity contribution in [1.82, 2.24) is 4.90 Å². The van der Waals surface area contributed by atoms with Crippen LogP contribution in [0.5, 0.6) is 0 Å². The van der Waals surface area contributed by atoms with Gasteiger partial charge in [-0.25, -0.2) is 0 Å². The first-order valence-corrected chi connectivity index (χ1v) is 8.07. The van der Waals surface area contributed by atoms with E-state index < -0.39 is 0 Å². The van der Waals surface area contributed by atoms with Gasteiger partial charge in [0.1, 0.15) is 0 Å². The molecule has 0 heterocycles. The fraction of sp³-hybridized carbons (Fsp3) is 1.00. The van der Waals surface area contributed by atoms with E-state index in [0.717, 1.165) is 11.8 Å². The largest absolute Gasteiger partial charge is 0.299 e. The number of rotatable bonds is 6. The van der Waals surface area contributed by atoms with Crippen LogP contribution >= 0.6 is 0 Å². The van der Waals surface area contributed by atoms with E-state index in [1.165, 1.54) is 19.5 Å². The number of hydrogen-bond donors (Lipinski definition) is 0. The highest BCUT2D eigenvalue weighted by molar-refractivity contribution is 4.87. The van der Waals surface area contributed by atoms with Crippen molar-refractivity contribution < 1.29 is 0 Å². The third kappa shape index (κ3) is 8.68. The summed E-state index contributed by atoms with van der Waals surface area (Å²) in [5.74, 6) is 1.48. The van der Waals surface area contributed by atoms with Crippen LogP contribution in [0, 0.1) is 22.7 Å². The molecule has 1 nitrogen and oxygen atoms in total. The van der Waals surface area contributed by atoms with Crippen molar-refractivity contribution in [1.29, 1.82) is 0 Å². The second-order valence-electron chi connectivity index (χ2n) is 9.39. The molecule has 0 aromatic heterocycles. The fourth-order valence-corrected chi connectivity index (χ4v) is 2.83. The summed E-state index contributed by atoms with van der Waals surface area (Å²) in [5.41, 5.74) is 0.737. The molecule has 0 radical (unpaired) electrons. The molecule has 0 saturated carbocycles. The Morgan fingerprint density at radius 2 is 1.11 bits per heavy atom. The summed E-state index contributed by atoms with van der Waals surface area (Å²) in [6, 6.07) is 0.664. The van der Waals surface area contributed by atoms with E-state index in [9.17, 15) is 0 Å². The topological polar surface area (TPSA) is 3.24 Å². The van der Waals surface area contributed by atoms with E-state index in [2.05, 4.69) is 74.1 Å². The second kappa shape index (κ2) is 7.11. The highest BCUT2D eigenvalue weighted by Gasteiger charge is 2.34. The van der Waals surface area contributed by atoms with Gasteiger partial charge in [0.2, 0.25) is 0 Å². The van der Waals surface area contributed by atoms with Crippen molar-refractivity contribution in [2.75, 3.05) is 13.1 Å². The molecule has 0 aliphatic rings. The Bertz CT molecular complexity index is 229. The predicted octanol–water partition coefficient (Wildman–Crippen LogP) is 5.45. The van der Waals surface area contributed by atoms with Crippen LogP contribution in [0.4, 0.5) is 0 Å². The maximum Gasteiger partial charge on any atom is 0.0149 e. The van der Waals surface area contributed by atoms with E-state index in [1.54, 1.807) is 0 Å². The van der Waals surface area contributed by atoms with Crippen LogP contribution in [-0.2, 0) is 0 Å². The molecule has 0 fully saturated rings. The lowest BCUT2D eigenvalue weighted by atomic mass is 9.75. The minimum Gasteiger partial charge on any atom is -0.299 e. The summed E-state index contributed by atoms with van der Waals surface area (Å²) in [4.78, 5) is 2.75. The summed E-state index contributed by atoms with van der Waals surface area (Å²) in [5, 5.41) is 0. The summed E-state index contributed by atoms with van der Waals surface area (Å²) >= 11 is 0. The highest BCUT2D eigenvalue weighted by Crippen LogP contribution is 2.35. The van der Waals surface area contributed by atoms with Crippen LogP contribution in [0.25, 0.3) is 0 Å². The third-order valence-corrected chi connectivity index (χ3v) is 3.45. The van der Waals surface area contributed by atoms with Crippen molar-refractivity contribution in [3.8, 4) is 0 Å². The molecule has 0 unspecified atom stereocenters. The average Bonchev–Trinajstić information content (AvgIpc) is 2.08. The summed E-state index contributed by atoms with van der Waals surface area (Å²) < 4.78 is 0. The van der Waals surface area contributed by atoms with Crippen molar-refractivity contribution in [3.05, 3.63) is 0 Å². The quantitative estimate of drug-likeness (QED) is 0.619. The van der Waals surface area contributed by atoms with E-state index in [0.29, 0.717) is 16.9 Å². The van der Waals surface area contributed by atoms with E-state index >= 15 is 0 Å². The third-order valence-electron chi connectivity index (χ3n) is 3.45. The lowest BCUT2D eigenvalue weighted by Gasteiger charge is -2.45. The Hall–Kier alpha value is -0.0400. The monoisotopic (exact) mass is 269 g/mol. The standard InChI is InChI=1S/C18H39N/c1-14(2)12-19(13-15(3)4)16(18(8,9)10)11-17(5,6)7/h14-16H,11-13H2,1-10H3/t16-/m1/s1. The molecule has 0 saturated heterocycles. The molecule has 0 rings (SSSR count). The Kier molecular flexibility index (Phi) is 7.09. The van der Waals surface area contributed by atoms with Gasteiger partial charge in [-0.3, -0.25) is 4.90 Å². The van der Waals surface area contributed by atoms with E-state index in [1.807, 2.05) is 0 Å². The zero-order chi connectivity index (χ0) is 15.4. The maximum atomic E-state index is 2.75. The summed E-state index contributed by atoms with van der Waals surface area (Å²) in [7, 11) is 0. The lowest BCUT2D eigenvalue weighted by molar-refractivity contribution is 0.0462. The van der Waals surface area contributed by atoms with E-state index in [-0.39, 0.29) is 0 Å². The van der Waals surface area contributed by atoms with Gasteiger partial charge in [-0.1, -0.05) is 69.2 Å².